The number of ether oxygens (including phenoxy) is 1. The summed E-state index contributed by atoms with van der Waals surface area (Å²) in [5.74, 6) is -2.30. The second kappa shape index (κ2) is 8.76. The summed E-state index contributed by atoms with van der Waals surface area (Å²) in [7, 11) is 0. The number of para-hydroxylation sites is 1. The predicted octanol–water partition coefficient (Wildman–Crippen LogP) is 3.72. The molecule has 1 amide bonds. The van der Waals surface area contributed by atoms with Crippen LogP contribution in [0.15, 0.2) is 42.5 Å². The number of alkyl halides is 3. The third kappa shape index (κ3) is 5.12. The zero-order valence-electron chi connectivity index (χ0n) is 14.3. The first-order valence-electron chi connectivity index (χ1n) is 8.10. The number of nitrogens with one attached hydrogen (secondary N) is 2. The van der Waals surface area contributed by atoms with Gasteiger partial charge in [0.25, 0.3) is 0 Å². The molecule has 152 valence electrons. The molecule has 0 radical (unpaired) electrons. The molecule has 2 atom stereocenters. The molecule has 10 heteroatoms. The van der Waals surface area contributed by atoms with E-state index in [1.165, 1.54) is 18.2 Å². The molecule has 5 nitrogen and oxygen atoms in total. The Labute approximate surface area is 164 Å². The lowest BCUT2D eigenvalue weighted by molar-refractivity contribution is -0.138. The van der Waals surface area contributed by atoms with Crippen molar-refractivity contribution in [3.8, 4) is 11.5 Å². The van der Waals surface area contributed by atoms with E-state index in [9.17, 15) is 27.5 Å². The van der Waals surface area contributed by atoms with Crippen LogP contribution in [0.4, 0.5) is 23.2 Å². The summed E-state index contributed by atoms with van der Waals surface area (Å²) in [6, 6.07) is 7.29. The molecule has 0 aliphatic carbocycles. The first-order chi connectivity index (χ1) is 12.7. The van der Waals surface area contributed by atoms with Crippen molar-refractivity contribution in [2.75, 3.05) is 11.9 Å². The molecule has 2 aromatic rings. The minimum atomic E-state index is -4.64. The molecule has 1 saturated heterocycles. The Hall–Kier alpha value is -2.36. The first kappa shape index (κ1) is 21.9. The van der Waals surface area contributed by atoms with E-state index in [0.717, 1.165) is 24.3 Å². The van der Waals surface area contributed by atoms with Gasteiger partial charge in [-0.3, -0.25) is 4.79 Å². The number of carbonyl (C=O) groups excluding carboxylic acids is 1. The molecule has 1 aliphatic heterocycles. The van der Waals surface area contributed by atoms with Crippen LogP contribution in [0.5, 0.6) is 11.5 Å². The van der Waals surface area contributed by atoms with Crippen molar-refractivity contribution >= 4 is 24.0 Å². The zero-order valence-corrected chi connectivity index (χ0v) is 15.1. The van der Waals surface area contributed by atoms with Crippen molar-refractivity contribution in [3.05, 3.63) is 53.8 Å². The molecule has 0 saturated carbocycles. The van der Waals surface area contributed by atoms with E-state index < -0.39 is 47.1 Å². The molecule has 3 N–H and O–H groups in total. The highest BCUT2D eigenvalue weighted by atomic mass is 35.5. The highest BCUT2D eigenvalue weighted by Crippen LogP contribution is 2.38. The second-order valence-corrected chi connectivity index (χ2v) is 6.08. The smallest absolute Gasteiger partial charge is 0.419 e. The number of anilines is 1. The van der Waals surface area contributed by atoms with E-state index in [1.54, 1.807) is 0 Å². The average molecular weight is 421 g/mol. The van der Waals surface area contributed by atoms with Gasteiger partial charge in [-0.05, 0) is 30.7 Å². The summed E-state index contributed by atoms with van der Waals surface area (Å²) in [5.41, 5.74) is -0.898. The van der Waals surface area contributed by atoms with Crippen molar-refractivity contribution < 1.29 is 32.2 Å². The topological polar surface area (TPSA) is 70.6 Å². The van der Waals surface area contributed by atoms with Gasteiger partial charge in [0, 0.05) is 18.3 Å². The van der Waals surface area contributed by atoms with Crippen molar-refractivity contribution in [1.29, 1.82) is 0 Å². The molecule has 3 rings (SSSR count). The largest absolute Gasteiger partial charge is 0.454 e. The van der Waals surface area contributed by atoms with Crippen LogP contribution in [0, 0.1) is 5.82 Å². The summed E-state index contributed by atoms with van der Waals surface area (Å²) in [6.45, 7) is 0.290. The van der Waals surface area contributed by atoms with Gasteiger partial charge in [-0.25, -0.2) is 4.39 Å². The summed E-state index contributed by atoms with van der Waals surface area (Å²) in [6.07, 6.45) is -5.02. The standard InChI is InChI=1S/C18H16F4N2O3.ClH/c19-13-7-10(24-17(26)14-8-11(25)9-23-14)5-6-16(13)27-15-4-2-1-3-12(15)18(20,21)22;/h1-7,11,14,23,25H,8-9H2,(H,24,26);1H. The van der Waals surface area contributed by atoms with Crippen molar-refractivity contribution in [3.63, 3.8) is 0 Å². The number of hydrogen-bond acceptors (Lipinski definition) is 4. The van der Waals surface area contributed by atoms with Crippen LogP contribution in [0.1, 0.15) is 12.0 Å². The van der Waals surface area contributed by atoms with Crippen LogP contribution < -0.4 is 15.4 Å². The molecule has 1 fully saturated rings. The number of β-amino-alcohol motifs (C(OH)–C–C–N with tert-alkyl or cyclic N) is 1. The lowest BCUT2D eigenvalue weighted by Crippen LogP contribution is -2.35. The Morgan fingerprint density at radius 3 is 2.50 bits per heavy atom. The molecular weight excluding hydrogens is 404 g/mol. The van der Waals surface area contributed by atoms with E-state index in [1.807, 2.05) is 0 Å². The molecule has 28 heavy (non-hydrogen) atoms. The Morgan fingerprint density at radius 1 is 1.18 bits per heavy atom. The highest BCUT2D eigenvalue weighted by molar-refractivity contribution is 5.95. The molecule has 1 aliphatic rings. The maximum absolute atomic E-state index is 14.2. The zero-order chi connectivity index (χ0) is 19.6. The van der Waals surface area contributed by atoms with Crippen LogP contribution in [0.25, 0.3) is 0 Å². The SMILES string of the molecule is Cl.O=C(Nc1ccc(Oc2ccccc2C(F)(F)F)c(F)c1)C1CC(O)CN1. The number of aliphatic hydroxyl groups excluding tert-OH is 1. The minimum Gasteiger partial charge on any atom is -0.454 e. The molecule has 2 aromatic carbocycles. The van der Waals surface area contributed by atoms with Crippen LogP contribution in [-0.2, 0) is 11.0 Å². The summed E-state index contributed by atoms with van der Waals surface area (Å²) in [4.78, 5) is 12.0. The number of halogens is 5. The highest BCUT2D eigenvalue weighted by Gasteiger charge is 2.34. The Bertz CT molecular complexity index is 848. The Morgan fingerprint density at radius 2 is 1.89 bits per heavy atom. The van der Waals surface area contributed by atoms with Gasteiger partial charge in [-0.15, -0.1) is 12.4 Å². The van der Waals surface area contributed by atoms with Gasteiger partial charge in [-0.1, -0.05) is 12.1 Å². The Kier molecular flexibility index (Phi) is 6.87. The minimum absolute atomic E-state index is 0. The van der Waals surface area contributed by atoms with E-state index >= 15 is 0 Å². The van der Waals surface area contributed by atoms with Gasteiger partial charge in [0.05, 0.1) is 17.7 Å². The van der Waals surface area contributed by atoms with Crippen molar-refractivity contribution in [2.45, 2.75) is 24.7 Å². The molecule has 0 spiro atoms. The number of hydrogen-bond donors (Lipinski definition) is 3. The molecule has 0 bridgehead atoms. The van der Waals surface area contributed by atoms with Crippen LogP contribution in [0.3, 0.4) is 0 Å². The fourth-order valence-electron chi connectivity index (χ4n) is 2.72. The van der Waals surface area contributed by atoms with E-state index in [0.29, 0.717) is 0 Å². The molecule has 0 aromatic heterocycles. The number of rotatable bonds is 4. The number of aliphatic hydroxyl groups is 1. The second-order valence-electron chi connectivity index (χ2n) is 6.08. The summed E-state index contributed by atoms with van der Waals surface area (Å²) < 4.78 is 58.3. The van der Waals surface area contributed by atoms with Gasteiger partial charge in [0.1, 0.15) is 5.75 Å². The number of benzene rings is 2. The lowest BCUT2D eigenvalue weighted by atomic mass is 10.2. The predicted molar refractivity (Wildman–Crippen MR) is 96.2 cm³/mol. The number of amides is 1. The molecule has 2 unspecified atom stereocenters. The summed E-state index contributed by atoms with van der Waals surface area (Å²) in [5, 5.41) is 14.7. The van der Waals surface area contributed by atoms with Crippen molar-refractivity contribution in [2.24, 2.45) is 0 Å². The van der Waals surface area contributed by atoms with Gasteiger partial charge in [0.2, 0.25) is 5.91 Å². The first-order valence-corrected chi connectivity index (χ1v) is 8.10. The fraction of sp³-hybridized carbons (Fsp3) is 0.278. The molecular formula is C18H17ClF4N2O3. The van der Waals surface area contributed by atoms with Crippen LogP contribution in [0.2, 0.25) is 0 Å². The van der Waals surface area contributed by atoms with Crippen molar-refractivity contribution in [1.82, 2.24) is 5.32 Å². The van der Waals surface area contributed by atoms with Gasteiger partial charge >= 0.3 is 6.18 Å². The molecule has 1 heterocycles. The summed E-state index contributed by atoms with van der Waals surface area (Å²) >= 11 is 0. The normalized spacial score (nSPS) is 19.0. The van der Waals surface area contributed by atoms with Gasteiger partial charge in [0.15, 0.2) is 11.6 Å². The maximum Gasteiger partial charge on any atom is 0.419 e. The van der Waals surface area contributed by atoms with E-state index in [-0.39, 0.29) is 31.1 Å². The lowest BCUT2D eigenvalue weighted by Gasteiger charge is -2.15. The van der Waals surface area contributed by atoms with Gasteiger partial charge in [-0.2, -0.15) is 13.2 Å². The third-order valence-electron chi connectivity index (χ3n) is 4.04. The third-order valence-corrected chi connectivity index (χ3v) is 4.04. The maximum atomic E-state index is 14.2. The van der Waals surface area contributed by atoms with E-state index in [2.05, 4.69) is 10.6 Å². The quantitative estimate of drug-likeness (QED) is 0.659. The average Bonchev–Trinajstić information content (AvgIpc) is 3.03. The monoisotopic (exact) mass is 420 g/mol. The van der Waals surface area contributed by atoms with Gasteiger partial charge < -0.3 is 20.5 Å². The fourth-order valence-corrected chi connectivity index (χ4v) is 2.72. The van der Waals surface area contributed by atoms with Crippen LogP contribution in [-0.4, -0.2) is 29.7 Å². The number of carbonyl (C=O) groups is 1. The van der Waals surface area contributed by atoms with Crippen LogP contribution >= 0.6 is 12.4 Å². The van der Waals surface area contributed by atoms with E-state index in [4.69, 9.17) is 4.74 Å². The Balaban J connectivity index is 0.00000280.